The average Bonchev–Trinajstić information content (AvgIpc) is 1.87. The molecule has 0 bridgehead atoms. The maximum absolute atomic E-state index is 10.8. The van der Waals surface area contributed by atoms with E-state index < -0.39 is 0 Å². The van der Waals surface area contributed by atoms with Gasteiger partial charge in [-0.1, -0.05) is 13.8 Å². The van der Waals surface area contributed by atoms with Crippen LogP contribution in [0.2, 0.25) is 0 Å². The second kappa shape index (κ2) is 6.16. The predicted molar refractivity (Wildman–Crippen MR) is 44.3 cm³/mol. The molecule has 0 saturated carbocycles. The summed E-state index contributed by atoms with van der Waals surface area (Å²) >= 11 is 0. The molecule has 0 aliphatic heterocycles. The van der Waals surface area contributed by atoms with Crippen LogP contribution in [0.25, 0.3) is 0 Å². The summed E-state index contributed by atoms with van der Waals surface area (Å²) in [6.45, 7) is 7.50. The number of likely N-dealkylation sites (N-methyl/N-ethyl adjacent to an activating group) is 1. The van der Waals surface area contributed by atoms with Gasteiger partial charge in [0.25, 0.3) is 0 Å². The van der Waals surface area contributed by atoms with Crippen LogP contribution >= 0.6 is 0 Å². The third-order valence-electron chi connectivity index (χ3n) is 1.06. The van der Waals surface area contributed by atoms with E-state index in [-0.39, 0.29) is 12.5 Å². The molecule has 66 valence electrons. The number of rotatable bonds is 5. The van der Waals surface area contributed by atoms with Gasteiger partial charge in [0.15, 0.2) is 0 Å². The lowest BCUT2D eigenvalue weighted by molar-refractivity contribution is -0.125. The van der Waals surface area contributed by atoms with E-state index >= 15 is 0 Å². The van der Waals surface area contributed by atoms with E-state index in [9.17, 15) is 4.79 Å². The molecule has 0 atom stereocenters. The average molecular weight is 159 g/mol. The topological polar surface area (TPSA) is 38.3 Å². The highest BCUT2D eigenvalue weighted by atomic mass is 16.5. The normalized spacial score (nSPS) is 10.2. The number of carbonyl (C=O) groups excluding carboxylic acids is 1. The van der Waals surface area contributed by atoms with E-state index in [2.05, 4.69) is 19.2 Å². The van der Waals surface area contributed by atoms with Crippen LogP contribution in [0.1, 0.15) is 20.8 Å². The van der Waals surface area contributed by atoms with Crippen LogP contribution in [-0.4, -0.2) is 25.7 Å². The Hall–Kier alpha value is -0.570. The summed E-state index contributed by atoms with van der Waals surface area (Å²) < 4.78 is 5.10. The first kappa shape index (κ1) is 10.4. The molecule has 0 aliphatic rings. The van der Waals surface area contributed by atoms with Gasteiger partial charge in [-0.05, 0) is 12.8 Å². The lowest BCUT2D eigenvalue weighted by Gasteiger charge is -2.05. The minimum atomic E-state index is -0.0341. The van der Waals surface area contributed by atoms with Crippen LogP contribution in [0.5, 0.6) is 0 Å². The van der Waals surface area contributed by atoms with Crippen molar-refractivity contribution in [2.24, 2.45) is 5.92 Å². The Morgan fingerprint density at radius 3 is 2.64 bits per heavy atom. The van der Waals surface area contributed by atoms with Gasteiger partial charge in [-0.3, -0.25) is 4.79 Å². The smallest absolute Gasteiger partial charge is 0.245 e. The minimum absolute atomic E-state index is 0.0341. The van der Waals surface area contributed by atoms with Crippen molar-refractivity contribution in [3.8, 4) is 0 Å². The van der Waals surface area contributed by atoms with Gasteiger partial charge in [0, 0.05) is 13.2 Å². The molecule has 1 amide bonds. The Labute approximate surface area is 68.1 Å². The molecule has 0 saturated heterocycles. The number of hydrogen-bond donors (Lipinski definition) is 1. The largest absolute Gasteiger partial charge is 0.371 e. The van der Waals surface area contributed by atoms with E-state index in [4.69, 9.17) is 4.74 Å². The molecule has 0 fully saturated rings. The van der Waals surface area contributed by atoms with Gasteiger partial charge in [0.2, 0.25) is 5.91 Å². The molecule has 0 aliphatic carbocycles. The van der Waals surface area contributed by atoms with Crippen molar-refractivity contribution in [1.82, 2.24) is 5.32 Å². The molecule has 0 aromatic heterocycles. The van der Waals surface area contributed by atoms with Crippen LogP contribution in [0.3, 0.4) is 0 Å². The highest BCUT2D eigenvalue weighted by molar-refractivity contribution is 5.77. The Kier molecular flexibility index (Phi) is 5.84. The second-order valence-electron chi connectivity index (χ2n) is 2.86. The molecule has 0 aromatic carbocycles. The van der Waals surface area contributed by atoms with Gasteiger partial charge < -0.3 is 10.1 Å². The van der Waals surface area contributed by atoms with Gasteiger partial charge >= 0.3 is 0 Å². The predicted octanol–water partition coefficient (Wildman–Crippen LogP) is 0.795. The molecule has 0 heterocycles. The van der Waals surface area contributed by atoms with Crippen LogP contribution in [0, 0.1) is 5.92 Å². The van der Waals surface area contributed by atoms with Crippen molar-refractivity contribution in [2.75, 3.05) is 19.8 Å². The van der Waals surface area contributed by atoms with Gasteiger partial charge in [0.1, 0.15) is 6.61 Å². The molecule has 0 rings (SSSR count). The van der Waals surface area contributed by atoms with Crippen molar-refractivity contribution in [1.29, 1.82) is 0 Å². The molecule has 1 N–H and O–H groups in total. The molecule has 0 radical (unpaired) electrons. The first-order valence-electron chi connectivity index (χ1n) is 4.01. The number of nitrogens with one attached hydrogen (secondary N) is 1. The molecule has 3 heteroatoms. The first-order valence-corrected chi connectivity index (χ1v) is 4.01. The molecule has 0 spiro atoms. The number of carbonyl (C=O) groups is 1. The summed E-state index contributed by atoms with van der Waals surface area (Å²) in [4.78, 5) is 10.8. The van der Waals surface area contributed by atoms with Crippen LogP contribution in [0.4, 0.5) is 0 Å². The molecular formula is C8H17NO2. The zero-order chi connectivity index (χ0) is 8.69. The number of ether oxygens (including phenoxy) is 1. The fraction of sp³-hybridized carbons (Fsp3) is 0.875. The van der Waals surface area contributed by atoms with Crippen LogP contribution < -0.4 is 5.32 Å². The summed E-state index contributed by atoms with van der Waals surface area (Å²) in [5.41, 5.74) is 0. The van der Waals surface area contributed by atoms with E-state index in [1.165, 1.54) is 0 Å². The van der Waals surface area contributed by atoms with Gasteiger partial charge in [-0.25, -0.2) is 0 Å². The van der Waals surface area contributed by atoms with Gasteiger partial charge in [0.05, 0.1) is 0 Å². The quantitative estimate of drug-likeness (QED) is 0.644. The highest BCUT2D eigenvalue weighted by Crippen LogP contribution is 1.91. The highest BCUT2D eigenvalue weighted by Gasteiger charge is 1.99. The molecule has 11 heavy (non-hydrogen) atoms. The van der Waals surface area contributed by atoms with Crippen molar-refractivity contribution in [2.45, 2.75) is 20.8 Å². The summed E-state index contributed by atoms with van der Waals surface area (Å²) in [5, 5.41) is 2.66. The third-order valence-corrected chi connectivity index (χ3v) is 1.06. The van der Waals surface area contributed by atoms with E-state index in [1.54, 1.807) is 0 Å². The molecule has 0 aromatic rings. The van der Waals surface area contributed by atoms with Crippen LogP contribution in [0.15, 0.2) is 0 Å². The van der Waals surface area contributed by atoms with E-state index in [1.807, 2.05) is 6.92 Å². The first-order chi connectivity index (χ1) is 5.16. The lowest BCUT2D eigenvalue weighted by atomic mass is 10.2. The maximum atomic E-state index is 10.8. The van der Waals surface area contributed by atoms with E-state index in [0.717, 1.165) is 0 Å². The fourth-order valence-corrected chi connectivity index (χ4v) is 0.636. The number of amides is 1. The monoisotopic (exact) mass is 159 g/mol. The molecule has 0 unspecified atom stereocenters. The van der Waals surface area contributed by atoms with Crippen molar-refractivity contribution in [3.63, 3.8) is 0 Å². The summed E-state index contributed by atoms with van der Waals surface area (Å²) in [7, 11) is 0. The summed E-state index contributed by atoms with van der Waals surface area (Å²) in [6.07, 6.45) is 0. The van der Waals surface area contributed by atoms with Gasteiger partial charge in [-0.15, -0.1) is 0 Å². The SMILES string of the molecule is CCNC(=O)COCC(C)C. The summed E-state index contributed by atoms with van der Waals surface area (Å²) in [5.74, 6) is 0.456. The van der Waals surface area contributed by atoms with E-state index in [0.29, 0.717) is 19.1 Å². The Morgan fingerprint density at radius 2 is 2.18 bits per heavy atom. The Balaban J connectivity index is 3.17. The van der Waals surface area contributed by atoms with Crippen molar-refractivity contribution >= 4 is 5.91 Å². The zero-order valence-corrected chi connectivity index (χ0v) is 7.52. The maximum Gasteiger partial charge on any atom is 0.245 e. The lowest BCUT2D eigenvalue weighted by Crippen LogP contribution is -2.27. The minimum Gasteiger partial charge on any atom is -0.371 e. The number of hydrogen-bond acceptors (Lipinski definition) is 2. The third kappa shape index (κ3) is 7.33. The Morgan fingerprint density at radius 1 is 1.55 bits per heavy atom. The second-order valence-corrected chi connectivity index (χ2v) is 2.86. The Bertz CT molecular complexity index is 113. The molecular weight excluding hydrogens is 142 g/mol. The standard InChI is InChI=1S/C8H17NO2/c1-4-9-8(10)6-11-5-7(2)3/h7H,4-6H2,1-3H3,(H,9,10). The van der Waals surface area contributed by atoms with Crippen molar-refractivity contribution in [3.05, 3.63) is 0 Å². The molecule has 3 nitrogen and oxygen atoms in total. The van der Waals surface area contributed by atoms with Crippen LogP contribution in [-0.2, 0) is 9.53 Å². The zero-order valence-electron chi connectivity index (χ0n) is 7.52. The van der Waals surface area contributed by atoms with Crippen molar-refractivity contribution < 1.29 is 9.53 Å². The summed E-state index contributed by atoms with van der Waals surface area (Å²) in [6, 6.07) is 0. The van der Waals surface area contributed by atoms with Gasteiger partial charge in [-0.2, -0.15) is 0 Å². The fourth-order valence-electron chi connectivity index (χ4n) is 0.636.